The molecule has 0 aliphatic rings. The van der Waals surface area contributed by atoms with Crippen LogP contribution in [0.1, 0.15) is 11.1 Å². The average molecular weight is 268 g/mol. The Kier molecular flexibility index (Phi) is 2.37. The van der Waals surface area contributed by atoms with Crippen LogP contribution in [0.2, 0.25) is 0 Å². The van der Waals surface area contributed by atoms with E-state index in [-0.39, 0.29) is 0 Å². The van der Waals surface area contributed by atoms with Gasteiger partial charge in [0.05, 0.1) is 0 Å². The number of anilines is 4. The standard InChI is InChI=1S/C14H16N6/c1-5-7-3-9(15)19-13(17)11(7)6(2)12-8(5)4-10(16)20-14(12)18/h3-4H,1-2H3,(H4,15,17,19)(H4,16,18,20). The van der Waals surface area contributed by atoms with E-state index >= 15 is 0 Å². The molecule has 0 unspecified atom stereocenters. The molecule has 8 N–H and O–H groups in total. The molecule has 0 atom stereocenters. The van der Waals surface area contributed by atoms with Crippen molar-refractivity contribution < 1.29 is 0 Å². The first-order chi connectivity index (χ1) is 9.40. The second-order valence-corrected chi connectivity index (χ2v) is 4.96. The van der Waals surface area contributed by atoms with Crippen LogP contribution in [0.5, 0.6) is 0 Å². The van der Waals surface area contributed by atoms with Crippen LogP contribution in [0.4, 0.5) is 23.3 Å². The number of aryl methyl sites for hydroxylation is 2. The summed E-state index contributed by atoms with van der Waals surface area (Å²) >= 11 is 0. The zero-order chi connectivity index (χ0) is 14.6. The summed E-state index contributed by atoms with van der Waals surface area (Å²) in [6.45, 7) is 3.94. The Labute approximate surface area is 115 Å². The minimum absolute atomic E-state index is 0.395. The molecule has 2 aromatic heterocycles. The lowest BCUT2D eigenvalue weighted by Crippen LogP contribution is -2.03. The maximum absolute atomic E-state index is 6.02. The van der Waals surface area contributed by atoms with Crippen LogP contribution in [-0.2, 0) is 0 Å². The molecule has 20 heavy (non-hydrogen) atoms. The van der Waals surface area contributed by atoms with Crippen molar-refractivity contribution >= 4 is 44.8 Å². The summed E-state index contributed by atoms with van der Waals surface area (Å²) < 4.78 is 0. The van der Waals surface area contributed by atoms with Gasteiger partial charge in [-0.05, 0) is 47.9 Å². The van der Waals surface area contributed by atoms with Crippen molar-refractivity contribution in [2.24, 2.45) is 0 Å². The molecule has 0 fully saturated rings. The van der Waals surface area contributed by atoms with E-state index in [1.54, 1.807) is 0 Å². The highest BCUT2D eigenvalue weighted by molar-refractivity contribution is 6.12. The van der Waals surface area contributed by atoms with Gasteiger partial charge in [0, 0.05) is 10.8 Å². The van der Waals surface area contributed by atoms with Crippen LogP contribution >= 0.6 is 0 Å². The number of rotatable bonds is 0. The lowest BCUT2D eigenvalue weighted by molar-refractivity contribution is 1.34. The highest BCUT2D eigenvalue weighted by atomic mass is 14.9. The predicted molar refractivity (Wildman–Crippen MR) is 84.2 cm³/mol. The monoisotopic (exact) mass is 268 g/mol. The number of aromatic nitrogens is 2. The Hall–Kier alpha value is -2.76. The molecule has 0 radical (unpaired) electrons. The number of fused-ring (bicyclic) bond motifs is 2. The number of hydrogen-bond acceptors (Lipinski definition) is 6. The third-order valence-electron chi connectivity index (χ3n) is 3.69. The molecule has 0 aliphatic carbocycles. The Bertz CT molecular complexity index is 800. The molecule has 1 aromatic carbocycles. The van der Waals surface area contributed by atoms with Gasteiger partial charge >= 0.3 is 0 Å². The van der Waals surface area contributed by atoms with Crippen LogP contribution in [-0.4, -0.2) is 9.97 Å². The van der Waals surface area contributed by atoms with Crippen LogP contribution in [0, 0.1) is 13.8 Å². The van der Waals surface area contributed by atoms with Gasteiger partial charge in [0.15, 0.2) is 0 Å². The second-order valence-electron chi connectivity index (χ2n) is 4.96. The first-order valence-corrected chi connectivity index (χ1v) is 6.20. The van der Waals surface area contributed by atoms with Crippen molar-refractivity contribution in [1.82, 2.24) is 9.97 Å². The fourth-order valence-electron chi connectivity index (χ4n) is 2.82. The molecular formula is C14H16N6. The van der Waals surface area contributed by atoms with Gasteiger partial charge < -0.3 is 22.9 Å². The third kappa shape index (κ3) is 1.51. The lowest BCUT2D eigenvalue weighted by atomic mass is 9.94. The van der Waals surface area contributed by atoms with Crippen molar-refractivity contribution in [3.8, 4) is 0 Å². The molecule has 0 spiro atoms. The first-order valence-electron chi connectivity index (χ1n) is 6.20. The van der Waals surface area contributed by atoms with Gasteiger partial charge in [-0.2, -0.15) is 0 Å². The number of nitrogens with two attached hydrogens (primary N) is 4. The smallest absolute Gasteiger partial charge is 0.134 e. The van der Waals surface area contributed by atoms with E-state index in [1.807, 2.05) is 26.0 Å². The van der Waals surface area contributed by atoms with Gasteiger partial charge in [0.2, 0.25) is 0 Å². The fourth-order valence-corrected chi connectivity index (χ4v) is 2.82. The minimum Gasteiger partial charge on any atom is -0.384 e. The number of nitrogens with zero attached hydrogens (tertiary/aromatic N) is 2. The summed E-state index contributed by atoms with van der Waals surface area (Å²) in [5, 5.41) is 3.65. The molecule has 0 saturated carbocycles. The van der Waals surface area contributed by atoms with E-state index in [1.165, 1.54) is 0 Å². The number of hydrogen-bond donors (Lipinski definition) is 4. The van der Waals surface area contributed by atoms with Gasteiger partial charge in [-0.3, -0.25) is 0 Å². The van der Waals surface area contributed by atoms with Crippen molar-refractivity contribution in [1.29, 1.82) is 0 Å². The first kappa shape index (κ1) is 12.3. The van der Waals surface area contributed by atoms with E-state index < -0.39 is 0 Å². The van der Waals surface area contributed by atoms with Crippen LogP contribution in [0.25, 0.3) is 21.5 Å². The normalized spacial score (nSPS) is 11.3. The molecule has 0 bridgehead atoms. The molecule has 0 saturated heterocycles. The van der Waals surface area contributed by atoms with E-state index in [0.717, 1.165) is 32.7 Å². The highest BCUT2D eigenvalue weighted by Crippen LogP contribution is 2.37. The molecule has 3 rings (SSSR count). The lowest BCUT2D eigenvalue weighted by Gasteiger charge is -2.15. The van der Waals surface area contributed by atoms with Crippen molar-refractivity contribution in [3.63, 3.8) is 0 Å². The molecular weight excluding hydrogens is 252 g/mol. The van der Waals surface area contributed by atoms with Gasteiger partial charge in [-0.25, -0.2) is 9.97 Å². The van der Waals surface area contributed by atoms with Crippen molar-refractivity contribution in [2.45, 2.75) is 13.8 Å². The van der Waals surface area contributed by atoms with Crippen LogP contribution in [0.3, 0.4) is 0 Å². The number of pyridine rings is 2. The third-order valence-corrected chi connectivity index (χ3v) is 3.69. The Morgan fingerprint density at radius 3 is 1.50 bits per heavy atom. The molecule has 0 aliphatic heterocycles. The summed E-state index contributed by atoms with van der Waals surface area (Å²) in [5.41, 5.74) is 25.6. The summed E-state index contributed by atoms with van der Waals surface area (Å²) in [5.74, 6) is 1.59. The Morgan fingerprint density at radius 1 is 0.700 bits per heavy atom. The zero-order valence-corrected chi connectivity index (χ0v) is 11.4. The predicted octanol–water partition coefficient (Wildman–Crippen LogP) is 1.73. The average Bonchev–Trinajstić information content (AvgIpc) is 2.34. The van der Waals surface area contributed by atoms with E-state index in [9.17, 15) is 0 Å². The number of benzene rings is 1. The maximum Gasteiger partial charge on any atom is 0.134 e. The molecule has 0 amide bonds. The summed E-state index contributed by atoms with van der Waals surface area (Å²) in [6, 6.07) is 3.64. The zero-order valence-electron chi connectivity index (χ0n) is 11.4. The Balaban J connectivity index is 2.68. The summed E-state index contributed by atoms with van der Waals surface area (Å²) in [7, 11) is 0. The summed E-state index contributed by atoms with van der Waals surface area (Å²) in [6.07, 6.45) is 0. The van der Waals surface area contributed by atoms with Crippen molar-refractivity contribution in [2.75, 3.05) is 22.9 Å². The highest BCUT2D eigenvalue weighted by Gasteiger charge is 2.15. The van der Waals surface area contributed by atoms with Crippen LogP contribution in [0.15, 0.2) is 12.1 Å². The molecule has 6 heteroatoms. The van der Waals surface area contributed by atoms with Gasteiger partial charge in [0.25, 0.3) is 0 Å². The van der Waals surface area contributed by atoms with Crippen LogP contribution < -0.4 is 22.9 Å². The maximum atomic E-state index is 6.02. The van der Waals surface area contributed by atoms with E-state index in [0.29, 0.717) is 23.3 Å². The van der Waals surface area contributed by atoms with E-state index in [4.69, 9.17) is 22.9 Å². The molecule has 102 valence electrons. The molecule has 3 aromatic rings. The van der Waals surface area contributed by atoms with E-state index in [2.05, 4.69) is 9.97 Å². The fraction of sp³-hybridized carbons (Fsp3) is 0.143. The number of nitrogen functional groups attached to an aromatic ring is 4. The topological polar surface area (TPSA) is 130 Å². The SMILES string of the molecule is Cc1c2cc(N)nc(N)c2c(C)c2c(N)nc(N)cc12. The minimum atomic E-state index is 0.395. The summed E-state index contributed by atoms with van der Waals surface area (Å²) in [4.78, 5) is 8.25. The molecule has 6 nitrogen and oxygen atoms in total. The second kappa shape index (κ2) is 3.86. The molecule has 2 heterocycles. The van der Waals surface area contributed by atoms with Crippen molar-refractivity contribution in [3.05, 3.63) is 23.3 Å². The van der Waals surface area contributed by atoms with Gasteiger partial charge in [-0.15, -0.1) is 0 Å². The van der Waals surface area contributed by atoms with Gasteiger partial charge in [-0.1, -0.05) is 0 Å². The largest absolute Gasteiger partial charge is 0.384 e. The quantitative estimate of drug-likeness (QED) is 0.459. The van der Waals surface area contributed by atoms with Gasteiger partial charge in [0.1, 0.15) is 23.3 Å². The Morgan fingerprint density at radius 2 is 1.10 bits per heavy atom.